The van der Waals surface area contributed by atoms with Crippen LogP contribution < -0.4 is 16.8 Å². The Morgan fingerprint density at radius 2 is 2.27 bits per heavy atom. The van der Waals surface area contributed by atoms with Crippen molar-refractivity contribution in [1.82, 2.24) is 4.98 Å². The number of hydrogen-bond acceptors (Lipinski definition) is 4. The zero-order chi connectivity index (χ0) is 10.8. The van der Waals surface area contributed by atoms with Crippen LogP contribution in [0.4, 0.5) is 5.82 Å². The van der Waals surface area contributed by atoms with Crippen molar-refractivity contribution in [1.29, 1.82) is 0 Å². The number of pyridine rings is 1. The predicted octanol–water partition coefficient (Wildman–Crippen LogP) is 0.0821. The zero-order valence-corrected chi connectivity index (χ0v) is 8.31. The van der Waals surface area contributed by atoms with Gasteiger partial charge < -0.3 is 16.8 Å². The summed E-state index contributed by atoms with van der Waals surface area (Å²) in [5, 5.41) is 3.21. The molecule has 1 heterocycles. The molecule has 5 heteroatoms. The van der Waals surface area contributed by atoms with Gasteiger partial charge in [0.1, 0.15) is 5.82 Å². The number of rotatable bonds is 3. The molecule has 1 fully saturated rings. The van der Waals surface area contributed by atoms with Gasteiger partial charge in [-0.2, -0.15) is 0 Å². The molecular formula is C10H14N4O. The molecule has 2 rings (SSSR count). The molecular weight excluding hydrogens is 192 g/mol. The Morgan fingerprint density at radius 3 is 2.87 bits per heavy atom. The third-order valence-corrected chi connectivity index (χ3v) is 2.57. The van der Waals surface area contributed by atoms with Gasteiger partial charge in [0.05, 0.1) is 0 Å². The van der Waals surface area contributed by atoms with E-state index in [0.717, 1.165) is 12.8 Å². The van der Waals surface area contributed by atoms with E-state index in [1.807, 2.05) is 0 Å². The van der Waals surface area contributed by atoms with Crippen LogP contribution in [0.2, 0.25) is 0 Å². The monoisotopic (exact) mass is 206 g/mol. The Morgan fingerprint density at radius 1 is 1.53 bits per heavy atom. The van der Waals surface area contributed by atoms with E-state index in [4.69, 9.17) is 11.5 Å². The highest BCUT2D eigenvalue weighted by Crippen LogP contribution is 2.21. The minimum absolute atomic E-state index is 0.293. The second-order valence-corrected chi connectivity index (χ2v) is 3.87. The first kappa shape index (κ1) is 9.92. The van der Waals surface area contributed by atoms with Gasteiger partial charge >= 0.3 is 0 Å². The lowest BCUT2D eigenvalue weighted by Crippen LogP contribution is -2.44. The molecule has 0 saturated heterocycles. The molecule has 5 N–H and O–H groups in total. The number of nitrogens with zero attached hydrogens (tertiary/aromatic N) is 1. The number of amides is 1. The van der Waals surface area contributed by atoms with Crippen LogP contribution in [0.3, 0.4) is 0 Å². The minimum Gasteiger partial charge on any atom is -0.367 e. The van der Waals surface area contributed by atoms with E-state index < -0.39 is 5.91 Å². The number of nitrogens with one attached hydrogen (secondary N) is 1. The van der Waals surface area contributed by atoms with Crippen LogP contribution in [0.25, 0.3) is 0 Å². The Balaban J connectivity index is 2.02. The van der Waals surface area contributed by atoms with Crippen LogP contribution in [-0.2, 0) is 0 Å². The third-order valence-electron chi connectivity index (χ3n) is 2.57. The number of primary amides is 1. The van der Waals surface area contributed by atoms with Crippen molar-refractivity contribution >= 4 is 11.7 Å². The normalized spacial score (nSPS) is 24.3. The molecule has 0 aliphatic heterocycles. The molecule has 1 aromatic heterocycles. The summed E-state index contributed by atoms with van der Waals surface area (Å²) in [6, 6.07) is 3.92. The van der Waals surface area contributed by atoms with Crippen LogP contribution >= 0.6 is 0 Å². The summed E-state index contributed by atoms with van der Waals surface area (Å²) in [5.41, 5.74) is 11.3. The van der Waals surface area contributed by atoms with Crippen molar-refractivity contribution in [2.75, 3.05) is 5.32 Å². The molecule has 0 aromatic carbocycles. The molecule has 0 atom stereocenters. The molecule has 1 aliphatic rings. The summed E-state index contributed by atoms with van der Waals surface area (Å²) in [6.45, 7) is 0. The fourth-order valence-electron chi connectivity index (χ4n) is 1.65. The maximum atomic E-state index is 10.9. The SMILES string of the molecule is NC(=O)c1ccnc(NC2CC(N)C2)c1. The van der Waals surface area contributed by atoms with E-state index in [2.05, 4.69) is 10.3 Å². The average molecular weight is 206 g/mol. The summed E-state index contributed by atoms with van der Waals surface area (Å²) in [4.78, 5) is 15.0. The van der Waals surface area contributed by atoms with E-state index in [9.17, 15) is 4.79 Å². The Bertz CT molecular complexity index is 373. The van der Waals surface area contributed by atoms with E-state index in [1.165, 1.54) is 0 Å². The van der Waals surface area contributed by atoms with Gasteiger partial charge in [0.2, 0.25) is 5.91 Å². The third kappa shape index (κ3) is 2.24. The van der Waals surface area contributed by atoms with E-state index in [0.29, 0.717) is 23.5 Å². The first-order valence-electron chi connectivity index (χ1n) is 4.93. The molecule has 80 valence electrons. The quantitative estimate of drug-likeness (QED) is 0.653. The van der Waals surface area contributed by atoms with Gasteiger partial charge in [-0.15, -0.1) is 0 Å². The largest absolute Gasteiger partial charge is 0.367 e. The van der Waals surface area contributed by atoms with E-state index in [1.54, 1.807) is 18.3 Å². The fraction of sp³-hybridized carbons (Fsp3) is 0.400. The maximum absolute atomic E-state index is 10.9. The van der Waals surface area contributed by atoms with Crippen molar-refractivity contribution in [3.63, 3.8) is 0 Å². The lowest BCUT2D eigenvalue weighted by molar-refractivity contribution is 0.1000. The van der Waals surface area contributed by atoms with E-state index in [-0.39, 0.29) is 0 Å². The van der Waals surface area contributed by atoms with Gasteiger partial charge in [0.15, 0.2) is 0 Å². The first-order valence-corrected chi connectivity index (χ1v) is 4.93. The highest BCUT2D eigenvalue weighted by Gasteiger charge is 2.25. The van der Waals surface area contributed by atoms with Crippen LogP contribution in [-0.4, -0.2) is 23.0 Å². The number of aromatic nitrogens is 1. The fourth-order valence-corrected chi connectivity index (χ4v) is 1.65. The molecule has 5 nitrogen and oxygen atoms in total. The highest BCUT2D eigenvalue weighted by atomic mass is 16.1. The molecule has 1 amide bonds. The molecule has 0 bridgehead atoms. The summed E-state index contributed by atoms with van der Waals surface area (Å²) in [5.74, 6) is 0.244. The number of carbonyl (C=O) groups excluding carboxylic acids is 1. The molecule has 1 aromatic rings. The number of hydrogen-bond donors (Lipinski definition) is 3. The average Bonchev–Trinajstić information content (AvgIpc) is 2.16. The summed E-state index contributed by atoms with van der Waals surface area (Å²) in [6.07, 6.45) is 3.46. The number of carbonyl (C=O) groups is 1. The maximum Gasteiger partial charge on any atom is 0.248 e. The Hall–Kier alpha value is -1.62. The summed E-state index contributed by atoms with van der Waals surface area (Å²) < 4.78 is 0. The molecule has 0 unspecified atom stereocenters. The van der Waals surface area contributed by atoms with Gasteiger partial charge in [0, 0.05) is 23.8 Å². The van der Waals surface area contributed by atoms with Crippen LogP contribution in [0, 0.1) is 0 Å². The highest BCUT2D eigenvalue weighted by molar-refractivity contribution is 5.93. The first-order chi connectivity index (χ1) is 7.15. The van der Waals surface area contributed by atoms with Gasteiger partial charge in [-0.05, 0) is 25.0 Å². The molecule has 0 radical (unpaired) electrons. The smallest absolute Gasteiger partial charge is 0.248 e. The van der Waals surface area contributed by atoms with Gasteiger partial charge in [-0.25, -0.2) is 4.98 Å². The Kier molecular flexibility index (Phi) is 2.55. The van der Waals surface area contributed by atoms with Gasteiger partial charge in [-0.1, -0.05) is 0 Å². The summed E-state index contributed by atoms with van der Waals surface area (Å²) >= 11 is 0. The van der Waals surface area contributed by atoms with Crippen molar-refractivity contribution in [3.05, 3.63) is 23.9 Å². The molecule has 0 spiro atoms. The predicted molar refractivity (Wildman–Crippen MR) is 57.4 cm³/mol. The molecule has 1 saturated carbocycles. The number of anilines is 1. The molecule has 1 aliphatic carbocycles. The molecule has 15 heavy (non-hydrogen) atoms. The van der Waals surface area contributed by atoms with Crippen molar-refractivity contribution in [2.45, 2.75) is 24.9 Å². The van der Waals surface area contributed by atoms with Crippen molar-refractivity contribution in [2.24, 2.45) is 11.5 Å². The van der Waals surface area contributed by atoms with Gasteiger partial charge in [0.25, 0.3) is 0 Å². The second-order valence-electron chi connectivity index (χ2n) is 3.87. The van der Waals surface area contributed by atoms with Crippen molar-refractivity contribution < 1.29 is 4.79 Å². The summed E-state index contributed by atoms with van der Waals surface area (Å²) in [7, 11) is 0. The lowest BCUT2D eigenvalue weighted by Gasteiger charge is -2.33. The zero-order valence-electron chi connectivity index (χ0n) is 8.31. The van der Waals surface area contributed by atoms with Gasteiger partial charge in [-0.3, -0.25) is 4.79 Å². The number of nitrogens with two attached hydrogens (primary N) is 2. The Labute approximate surface area is 87.9 Å². The van der Waals surface area contributed by atoms with Crippen LogP contribution in [0.5, 0.6) is 0 Å². The minimum atomic E-state index is -0.439. The standard InChI is InChI=1S/C10H14N4O/c11-7-4-8(5-7)14-9-3-6(10(12)15)1-2-13-9/h1-3,7-8H,4-5,11H2,(H2,12,15)(H,13,14). The van der Waals surface area contributed by atoms with E-state index >= 15 is 0 Å². The second kappa shape index (κ2) is 3.86. The van der Waals surface area contributed by atoms with Crippen LogP contribution in [0.1, 0.15) is 23.2 Å². The van der Waals surface area contributed by atoms with Crippen molar-refractivity contribution in [3.8, 4) is 0 Å². The van der Waals surface area contributed by atoms with Crippen LogP contribution in [0.15, 0.2) is 18.3 Å². The lowest BCUT2D eigenvalue weighted by atomic mass is 9.88. The topological polar surface area (TPSA) is 94.0 Å².